The lowest BCUT2D eigenvalue weighted by atomic mass is 9.86. The Hall–Kier alpha value is -1.45. The molecule has 0 radical (unpaired) electrons. The first-order valence-corrected chi connectivity index (χ1v) is 5.87. The van der Waals surface area contributed by atoms with Gasteiger partial charge in [-0.05, 0) is 12.3 Å². The van der Waals surface area contributed by atoms with E-state index in [4.69, 9.17) is 5.73 Å². The third kappa shape index (κ3) is 2.56. The van der Waals surface area contributed by atoms with Gasteiger partial charge in [-0.3, -0.25) is 9.78 Å². The first-order valence-electron chi connectivity index (χ1n) is 5.87. The van der Waals surface area contributed by atoms with Crippen LogP contribution >= 0.6 is 0 Å². The van der Waals surface area contributed by atoms with Crippen molar-refractivity contribution >= 4 is 5.91 Å². The van der Waals surface area contributed by atoms with Crippen molar-refractivity contribution in [3.8, 4) is 0 Å². The smallest absolute Gasteiger partial charge is 0.269 e. The minimum absolute atomic E-state index is 0.341. The molecule has 1 aromatic heterocycles. The molecule has 1 fully saturated rings. The number of carbonyl (C=O) groups is 1. The lowest BCUT2D eigenvalue weighted by Gasteiger charge is -2.21. The maximum atomic E-state index is 11.2. The van der Waals surface area contributed by atoms with Gasteiger partial charge in [0.2, 0.25) is 0 Å². The molecule has 86 valence electrons. The van der Waals surface area contributed by atoms with Gasteiger partial charge in [-0.1, -0.05) is 32.1 Å². The zero-order chi connectivity index (χ0) is 11.4. The Morgan fingerprint density at radius 3 is 2.62 bits per heavy atom. The number of carbonyl (C=O) groups excluding carboxylic acids is 1. The molecule has 4 heteroatoms. The average Bonchev–Trinajstić information content (AvgIpc) is 2.31. The molecule has 0 aliphatic heterocycles. The van der Waals surface area contributed by atoms with Crippen LogP contribution in [0.4, 0.5) is 0 Å². The standard InChI is InChI=1S/C12H17N3O/c13-12(16)11-10(14-6-7-15-11)8-9-4-2-1-3-5-9/h6-7,9H,1-5,8H2,(H2,13,16). The Bertz CT molecular complexity index is 372. The molecule has 0 atom stereocenters. The third-order valence-corrected chi connectivity index (χ3v) is 3.21. The molecule has 2 N–H and O–H groups in total. The zero-order valence-electron chi connectivity index (χ0n) is 9.35. The van der Waals surface area contributed by atoms with Gasteiger partial charge >= 0.3 is 0 Å². The van der Waals surface area contributed by atoms with Gasteiger partial charge < -0.3 is 5.73 Å². The van der Waals surface area contributed by atoms with E-state index in [2.05, 4.69) is 9.97 Å². The van der Waals surface area contributed by atoms with Gasteiger partial charge in [0.25, 0.3) is 5.91 Å². The largest absolute Gasteiger partial charge is 0.364 e. The van der Waals surface area contributed by atoms with Crippen LogP contribution in [0, 0.1) is 5.92 Å². The van der Waals surface area contributed by atoms with E-state index < -0.39 is 5.91 Å². The molecule has 16 heavy (non-hydrogen) atoms. The Morgan fingerprint density at radius 1 is 1.25 bits per heavy atom. The first-order chi connectivity index (χ1) is 7.77. The van der Waals surface area contributed by atoms with Gasteiger partial charge in [0.15, 0.2) is 0 Å². The fraction of sp³-hybridized carbons (Fsp3) is 0.583. The zero-order valence-corrected chi connectivity index (χ0v) is 9.35. The molecule has 1 heterocycles. The molecule has 1 aromatic rings. The van der Waals surface area contributed by atoms with E-state index in [9.17, 15) is 4.79 Å². The molecule has 1 aliphatic carbocycles. The lowest BCUT2D eigenvalue weighted by Crippen LogP contribution is -2.19. The summed E-state index contributed by atoms with van der Waals surface area (Å²) in [6.07, 6.45) is 10.4. The van der Waals surface area contributed by atoms with E-state index in [1.165, 1.54) is 38.3 Å². The topological polar surface area (TPSA) is 68.9 Å². The lowest BCUT2D eigenvalue weighted by molar-refractivity contribution is 0.0993. The van der Waals surface area contributed by atoms with Crippen molar-refractivity contribution < 1.29 is 4.79 Å². The maximum absolute atomic E-state index is 11.2. The average molecular weight is 219 g/mol. The minimum Gasteiger partial charge on any atom is -0.364 e. The second kappa shape index (κ2) is 5.05. The van der Waals surface area contributed by atoms with Crippen LogP contribution in [-0.2, 0) is 6.42 Å². The van der Waals surface area contributed by atoms with Gasteiger partial charge in [-0.2, -0.15) is 0 Å². The number of hydrogen-bond donors (Lipinski definition) is 1. The Morgan fingerprint density at radius 2 is 1.94 bits per heavy atom. The predicted molar refractivity (Wildman–Crippen MR) is 60.8 cm³/mol. The Balaban J connectivity index is 2.10. The fourth-order valence-corrected chi connectivity index (χ4v) is 2.39. The Kier molecular flexibility index (Phi) is 3.49. The molecule has 0 unspecified atom stereocenters. The normalized spacial score (nSPS) is 17.2. The van der Waals surface area contributed by atoms with Gasteiger partial charge in [0, 0.05) is 12.4 Å². The summed E-state index contributed by atoms with van der Waals surface area (Å²) >= 11 is 0. The van der Waals surface area contributed by atoms with Crippen LogP contribution in [0.5, 0.6) is 0 Å². The van der Waals surface area contributed by atoms with Crippen LogP contribution in [0.1, 0.15) is 48.3 Å². The number of hydrogen-bond acceptors (Lipinski definition) is 3. The van der Waals surface area contributed by atoms with Gasteiger partial charge in [-0.15, -0.1) is 0 Å². The molecule has 1 amide bonds. The summed E-state index contributed by atoms with van der Waals surface area (Å²) in [5, 5.41) is 0. The van der Waals surface area contributed by atoms with Crippen molar-refractivity contribution in [2.75, 3.05) is 0 Å². The SMILES string of the molecule is NC(=O)c1nccnc1CC1CCCCC1. The van der Waals surface area contributed by atoms with Gasteiger partial charge in [0.05, 0.1) is 5.69 Å². The van der Waals surface area contributed by atoms with Crippen molar-refractivity contribution in [3.05, 3.63) is 23.8 Å². The molecule has 0 aromatic carbocycles. The van der Waals surface area contributed by atoms with Crippen LogP contribution in [0.15, 0.2) is 12.4 Å². The quantitative estimate of drug-likeness (QED) is 0.841. The van der Waals surface area contributed by atoms with E-state index >= 15 is 0 Å². The highest BCUT2D eigenvalue weighted by Gasteiger charge is 2.18. The van der Waals surface area contributed by atoms with Crippen molar-refractivity contribution in [2.45, 2.75) is 38.5 Å². The fourth-order valence-electron chi connectivity index (χ4n) is 2.39. The van der Waals surface area contributed by atoms with E-state index in [0.29, 0.717) is 11.6 Å². The summed E-state index contributed by atoms with van der Waals surface area (Å²) in [4.78, 5) is 19.4. The summed E-state index contributed by atoms with van der Waals surface area (Å²) in [7, 11) is 0. The summed E-state index contributed by atoms with van der Waals surface area (Å²) in [6.45, 7) is 0. The summed E-state index contributed by atoms with van der Waals surface area (Å²) in [5.41, 5.74) is 6.38. The van der Waals surface area contributed by atoms with E-state index in [0.717, 1.165) is 12.1 Å². The summed E-state index contributed by atoms with van der Waals surface area (Å²) in [6, 6.07) is 0. The minimum atomic E-state index is -0.473. The molecular formula is C12H17N3O. The van der Waals surface area contributed by atoms with Gasteiger partial charge in [0.1, 0.15) is 5.69 Å². The molecule has 0 bridgehead atoms. The second-order valence-electron chi connectivity index (χ2n) is 4.42. The molecule has 2 rings (SSSR count). The number of rotatable bonds is 3. The van der Waals surface area contributed by atoms with Crippen LogP contribution in [0.25, 0.3) is 0 Å². The second-order valence-corrected chi connectivity index (χ2v) is 4.42. The van der Waals surface area contributed by atoms with E-state index in [1.807, 2.05) is 0 Å². The molecular weight excluding hydrogens is 202 g/mol. The van der Waals surface area contributed by atoms with Crippen LogP contribution < -0.4 is 5.73 Å². The number of aromatic nitrogens is 2. The van der Waals surface area contributed by atoms with Crippen LogP contribution in [0.3, 0.4) is 0 Å². The van der Waals surface area contributed by atoms with Crippen molar-refractivity contribution in [3.63, 3.8) is 0 Å². The molecule has 1 saturated carbocycles. The predicted octanol–water partition coefficient (Wildman–Crippen LogP) is 1.70. The highest BCUT2D eigenvalue weighted by atomic mass is 16.1. The number of primary amides is 1. The summed E-state index contributed by atoms with van der Waals surface area (Å²) in [5.74, 6) is 0.169. The maximum Gasteiger partial charge on any atom is 0.269 e. The van der Waals surface area contributed by atoms with Crippen LogP contribution in [0.2, 0.25) is 0 Å². The van der Waals surface area contributed by atoms with E-state index in [-0.39, 0.29) is 0 Å². The molecule has 1 aliphatic rings. The molecule has 4 nitrogen and oxygen atoms in total. The van der Waals surface area contributed by atoms with Crippen molar-refractivity contribution in [1.29, 1.82) is 0 Å². The number of nitrogens with zero attached hydrogens (tertiary/aromatic N) is 2. The first kappa shape index (κ1) is 11.0. The highest BCUT2D eigenvalue weighted by Crippen LogP contribution is 2.26. The van der Waals surface area contributed by atoms with Crippen molar-refractivity contribution in [2.24, 2.45) is 11.7 Å². The summed E-state index contributed by atoms with van der Waals surface area (Å²) < 4.78 is 0. The van der Waals surface area contributed by atoms with E-state index in [1.54, 1.807) is 6.20 Å². The molecule has 0 spiro atoms. The number of nitrogens with two attached hydrogens (primary N) is 1. The van der Waals surface area contributed by atoms with Crippen LogP contribution in [-0.4, -0.2) is 15.9 Å². The monoisotopic (exact) mass is 219 g/mol. The number of amides is 1. The Labute approximate surface area is 95.3 Å². The highest BCUT2D eigenvalue weighted by molar-refractivity contribution is 5.91. The third-order valence-electron chi connectivity index (χ3n) is 3.21. The van der Waals surface area contributed by atoms with Crippen molar-refractivity contribution in [1.82, 2.24) is 9.97 Å². The van der Waals surface area contributed by atoms with Gasteiger partial charge in [-0.25, -0.2) is 4.98 Å². The molecule has 0 saturated heterocycles.